The average molecular weight is 501 g/mol. The van der Waals surface area contributed by atoms with Crippen LogP contribution in [0.5, 0.6) is 5.88 Å². The fourth-order valence-electron chi connectivity index (χ4n) is 5.10. The Morgan fingerprint density at radius 1 is 1.14 bits per heavy atom. The van der Waals surface area contributed by atoms with Crippen LogP contribution in [-0.4, -0.2) is 84.8 Å². The third-order valence-corrected chi connectivity index (χ3v) is 6.87. The molecule has 0 radical (unpaired) electrons. The molecule has 2 unspecified atom stereocenters. The van der Waals surface area contributed by atoms with Gasteiger partial charge < -0.3 is 33.9 Å². The number of rotatable bonds is 5. The summed E-state index contributed by atoms with van der Waals surface area (Å²) in [6.07, 6.45) is -2.23. The first-order valence-electron chi connectivity index (χ1n) is 11.8. The second-order valence-corrected chi connectivity index (χ2v) is 9.18. The van der Waals surface area contributed by atoms with Crippen molar-refractivity contribution in [3.63, 3.8) is 0 Å². The summed E-state index contributed by atoms with van der Waals surface area (Å²) in [5, 5.41) is 9.97. The largest absolute Gasteiger partial charge is 0.470 e. The highest BCUT2D eigenvalue weighted by Gasteiger charge is 2.48. The summed E-state index contributed by atoms with van der Waals surface area (Å²) in [4.78, 5) is 21.9. The van der Waals surface area contributed by atoms with E-state index >= 15 is 8.78 Å². The Morgan fingerprint density at radius 2 is 1.86 bits per heavy atom. The van der Waals surface area contributed by atoms with Crippen LogP contribution in [-0.2, 0) is 14.2 Å². The molecule has 0 saturated carbocycles. The van der Waals surface area contributed by atoms with Gasteiger partial charge in [-0.25, -0.2) is 13.8 Å². The molecular formula is C25H25F2N3O6. The van der Waals surface area contributed by atoms with Crippen molar-refractivity contribution in [1.82, 2.24) is 9.97 Å². The standard InChI is InChI=1S/C25H25F2N3O6/c1-12(31)20-22-17(29-25(20)36-19-11-35-23-18(32)10-34-24(19)23)3-2-16(28-22)21-14(26)8-13(9-15(21)27)30-4-6-33-7-5-30/h2-3,8-9,18-19,23-24,29,32H,4-7,10-11H2,1H3/t18-,19-,23?,24?/m1/s1. The monoisotopic (exact) mass is 501 g/mol. The normalized spacial score (nSPS) is 25.9. The van der Waals surface area contributed by atoms with Gasteiger partial charge >= 0.3 is 0 Å². The van der Waals surface area contributed by atoms with Crippen molar-refractivity contribution in [2.75, 3.05) is 44.4 Å². The van der Waals surface area contributed by atoms with Gasteiger partial charge in [-0.1, -0.05) is 0 Å². The molecule has 11 heteroatoms. The third kappa shape index (κ3) is 3.92. The number of aromatic amines is 1. The molecule has 0 spiro atoms. The lowest BCUT2D eigenvalue weighted by molar-refractivity contribution is 0.00781. The van der Waals surface area contributed by atoms with E-state index in [9.17, 15) is 9.90 Å². The summed E-state index contributed by atoms with van der Waals surface area (Å²) in [6, 6.07) is 5.68. The summed E-state index contributed by atoms with van der Waals surface area (Å²) in [5.41, 5.74) is 1.12. The van der Waals surface area contributed by atoms with Crippen LogP contribution in [0.2, 0.25) is 0 Å². The molecule has 3 fully saturated rings. The zero-order valence-electron chi connectivity index (χ0n) is 19.5. The third-order valence-electron chi connectivity index (χ3n) is 6.87. The van der Waals surface area contributed by atoms with Gasteiger partial charge in [0.1, 0.15) is 41.0 Å². The van der Waals surface area contributed by atoms with Crippen molar-refractivity contribution >= 4 is 22.5 Å². The first kappa shape index (κ1) is 23.3. The minimum atomic E-state index is -0.745. The van der Waals surface area contributed by atoms with E-state index in [2.05, 4.69) is 9.97 Å². The predicted molar refractivity (Wildman–Crippen MR) is 124 cm³/mol. The molecule has 3 aliphatic heterocycles. The lowest BCUT2D eigenvalue weighted by atomic mass is 10.1. The zero-order chi connectivity index (χ0) is 25.0. The number of ether oxygens (including phenoxy) is 4. The number of pyridine rings is 1. The maximum absolute atomic E-state index is 15.2. The highest BCUT2D eigenvalue weighted by molar-refractivity contribution is 6.08. The lowest BCUT2D eigenvalue weighted by Crippen LogP contribution is -2.36. The number of carbonyl (C=O) groups is 1. The van der Waals surface area contributed by atoms with Gasteiger partial charge in [-0.2, -0.15) is 0 Å². The maximum Gasteiger partial charge on any atom is 0.205 e. The molecule has 2 N–H and O–H groups in total. The molecule has 3 aliphatic rings. The van der Waals surface area contributed by atoms with Gasteiger partial charge in [-0.15, -0.1) is 0 Å². The molecule has 1 aromatic carbocycles. The van der Waals surface area contributed by atoms with Crippen LogP contribution < -0.4 is 9.64 Å². The van der Waals surface area contributed by atoms with Gasteiger partial charge in [-0.3, -0.25) is 4.79 Å². The topological polar surface area (TPSA) is 106 Å². The molecule has 2 aromatic heterocycles. The highest BCUT2D eigenvalue weighted by Crippen LogP contribution is 2.36. The number of anilines is 1. The van der Waals surface area contributed by atoms with Gasteiger partial charge in [0.05, 0.1) is 43.2 Å². The van der Waals surface area contributed by atoms with Crippen molar-refractivity contribution in [2.24, 2.45) is 0 Å². The van der Waals surface area contributed by atoms with E-state index in [0.717, 1.165) is 0 Å². The zero-order valence-corrected chi connectivity index (χ0v) is 19.5. The van der Waals surface area contributed by atoms with Gasteiger partial charge in [0.2, 0.25) is 5.88 Å². The van der Waals surface area contributed by atoms with Crippen molar-refractivity contribution in [3.05, 3.63) is 41.5 Å². The number of aliphatic hydroxyl groups excluding tert-OH is 1. The molecule has 3 saturated heterocycles. The Hall–Kier alpha value is -3.12. The molecule has 5 heterocycles. The van der Waals surface area contributed by atoms with Gasteiger partial charge in [-0.05, 0) is 31.2 Å². The van der Waals surface area contributed by atoms with Crippen LogP contribution in [0.25, 0.3) is 22.3 Å². The van der Waals surface area contributed by atoms with Crippen LogP contribution in [0.1, 0.15) is 17.3 Å². The molecule has 36 heavy (non-hydrogen) atoms. The number of benzene rings is 1. The number of halogens is 2. The number of H-pyrrole nitrogens is 1. The van der Waals surface area contributed by atoms with Crippen LogP contribution in [0.4, 0.5) is 14.5 Å². The summed E-state index contributed by atoms with van der Waals surface area (Å²) < 4.78 is 52.9. The van der Waals surface area contributed by atoms with E-state index in [1.807, 2.05) is 4.90 Å². The van der Waals surface area contributed by atoms with E-state index in [-0.39, 0.29) is 47.2 Å². The predicted octanol–water partition coefficient (Wildman–Crippen LogP) is 2.45. The number of nitrogens with zero attached hydrogens (tertiary/aromatic N) is 2. The second kappa shape index (κ2) is 9.07. The first-order chi connectivity index (χ1) is 17.4. The molecule has 190 valence electrons. The van der Waals surface area contributed by atoms with E-state index in [4.69, 9.17) is 18.9 Å². The molecular weight excluding hydrogens is 476 g/mol. The summed E-state index contributed by atoms with van der Waals surface area (Å²) in [6.45, 7) is 3.79. The molecule has 0 bridgehead atoms. The number of fused-ring (bicyclic) bond motifs is 2. The summed E-state index contributed by atoms with van der Waals surface area (Å²) in [5.74, 6) is -1.64. The van der Waals surface area contributed by atoms with Gasteiger partial charge in [0, 0.05) is 18.8 Å². The van der Waals surface area contributed by atoms with Crippen molar-refractivity contribution < 1.29 is 37.6 Å². The molecule has 0 aliphatic carbocycles. The van der Waals surface area contributed by atoms with Crippen molar-refractivity contribution in [3.8, 4) is 17.1 Å². The van der Waals surface area contributed by atoms with E-state index < -0.39 is 36.1 Å². The highest BCUT2D eigenvalue weighted by atomic mass is 19.1. The Kier molecular flexibility index (Phi) is 5.87. The number of morpholine rings is 1. The van der Waals surface area contributed by atoms with Crippen molar-refractivity contribution in [2.45, 2.75) is 31.3 Å². The summed E-state index contributed by atoms with van der Waals surface area (Å²) >= 11 is 0. The molecule has 9 nitrogen and oxygen atoms in total. The SMILES string of the molecule is CC(=O)c1c(O[C@@H]2COC3C2OC[C@H]3O)[nH]c2ccc(-c3c(F)cc(N4CCOCC4)cc3F)nc12. The number of aliphatic hydroxyl groups is 1. The number of nitrogens with one attached hydrogen (secondary N) is 1. The Labute approximate surface area is 204 Å². The number of Topliss-reactive ketones (excluding diaryl/α,β-unsaturated/α-hetero) is 1. The van der Waals surface area contributed by atoms with Crippen LogP contribution >= 0.6 is 0 Å². The maximum atomic E-state index is 15.2. The lowest BCUT2D eigenvalue weighted by Gasteiger charge is -2.29. The van der Waals surface area contributed by atoms with E-state index in [0.29, 0.717) is 37.5 Å². The first-order valence-corrected chi connectivity index (χ1v) is 11.8. The van der Waals surface area contributed by atoms with Crippen LogP contribution in [0, 0.1) is 11.6 Å². The minimum absolute atomic E-state index is 0.0607. The van der Waals surface area contributed by atoms with E-state index in [1.165, 1.54) is 25.1 Å². The molecule has 6 rings (SSSR count). The van der Waals surface area contributed by atoms with Gasteiger partial charge in [0.15, 0.2) is 11.9 Å². The quantitative estimate of drug-likeness (QED) is 0.514. The fraction of sp³-hybridized carbons (Fsp3) is 0.440. The molecule has 4 atom stereocenters. The molecule has 0 amide bonds. The van der Waals surface area contributed by atoms with Crippen LogP contribution in [0.3, 0.4) is 0 Å². The fourth-order valence-corrected chi connectivity index (χ4v) is 5.10. The Morgan fingerprint density at radius 3 is 2.58 bits per heavy atom. The number of hydrogen-bond donors (Lipinski definition) is 2. The van der Waals surface area contributed by atoms with Crippen LogP contribution in [0.15, 0.2) is 24.3 Å². The number of hydrogen-bond acceptors (Lipinski definition) is 8. The molecule has 3 aromatic rings. The Bertz CT molecular complexity index is 1300. The second-order valence-electron chi connectivity index (χ2n) is 9.18. The minimum Gasteiger partial charge on any atom is -0.470 e. The number of carbonyl (C=O) groups excluding carboxylic acids is 1. The average Bonchev–Trinajstić information content (AvgIpc) is 3.54. The number of aromatic nitrogens is 2. The smallest absolute Gasteiger partial charge is 0.205 e. The van der Waals surface area contributed by atoms with Crippen molar-refractivity contribution in [1.29, 1.82) is 0 Å². The van der Waals surface area contributed by atoms with E-state index in [1.54, 1.807) is 6.07 Å². The Balaban J connectivity index is 1.35. The van der Waals surface area contributed by atoms with Gasteiger partial charge in [0.25, 0.3) is 0 Å². The summed E-state index contributed by atoms with van der Waals surface area (Å²) in [7, 11) is 0. The number of ketones is 1.